The van der Waals surface area contributed by atoms with Crippen LogP contribution in [0.4, 0.5) is 0 Å². The lowest BCUT2D eigenvalue weighted by molar-refractivity contribution is 0.172. The van der Waals surface area contributed by atoms with Crippen molar-refractivity contribution in [3.63, 3.8) is 0 Å². The molecule has 0 aliphatic carbocycles. The van der Waals surface area contributed by atoms with E-state index in [4.69, 9.17) is 4.74 Å². The fraction of sp³-hybridized carbons (Fsp3) is 0.833. The number of methoxy groups -OCH3 is 1. The van der Waals surface area contributed by atoms with Gasteiger partial charge in [0.05, 0.1) is 0 Å². The molecule has 2 nitrogen and oxygen atoms in total. The lowest BCUT2D eigenvalue weighted by Crippen LogP contribution is -2.28. The molecule has 0 spiro atoms. The molecule has 0 N–H and O–H groups in total. The summed E-state index contributed by atoms with van der Waals surface area (Å²) in [4.78, 5) is 2.43. The van der Waals surface area contributed by atoms with E-state index in [1.165, 1.54) is 25.9 Å². The van der Waals surface area contributed by atoms with E-state index in [-0.39, 0.29) is 0 Å². The highest BCUT2D eigenvalue weighted by Gasteiger charge is 2.12. The molecule has 0 aromatic heterocycles. The zero-order valence-electron chi connectivity index (χ0n) is 9.75. The van der Waals surface area contributed by atoms with E-state index < -0.39 is 0 Å². The Kier molecular flexibility index (Phi) is 5.20. The normalized spacial score (nSPS) is 29.1. The second-order valence-corrected chi connectivity index (χ2v) is 4.42. The third-order valence-corrected chi connectivity index (χ3v) is 2.87. The second-order valence-electron chi connectivity index (χ2n) is 4.42. The molecule has 2 heteroatoms. The van der Waals surface area contributed by atoms with Crippen LogP contribution in [0, 0.1) is 5.92 Å². The molecule has 1 aliphatic heterocycles. The molecule has 14 heavy (non-hydrogen) atoms. The van der Waals surface area contributed by atoms with E-state index >= 15 is 0 Å². The van der Waals surface area contributed by atoms with E-state index in [1.807, 2.05) is 0 Å². The summed E-state index contributed by atoms with van der Waals surface area (Å²) in [6.07, 6.45) is 6.15. The van der Waals surface area contributed by atoms with Crippen molar-refractivity contribution >= 4 is 0 Å². The zero-order chi connectivity index (χ0) is 10.4. The van der Waals surface area contributed by atoms with Crippen molar-refractivity contribution in [1.82, 2.24) is 4.90 Å². The summed E-state index contributed by atoms with van der Waals surface area (Å²) in [6.45, 7) is 5.54. The second kappa shape index (κ2) is 6.20. The van der Waals surface area contributed by atoms with Gasteiger partial charge < -0.3 is 9.64 Å². The highest BCUT2D eigenvalue weighted by atomic mass is 16.5. The van der Waals surface area contributed by atoms with Crippen LogP contribution in [0.3, 0.4) is 0 Å². The first-order valence-electron chi connectivity index (χ1n) is 5.57. The van der Waals surface area contributed by atoms with Gasteiger partial charge in [0, 0.05) is 20.3 Å². The van der Waals surface area contributed by atoms with E-state index in [0.29, 0.717) is 5.92 Å². The van der Waals surface area contributed by atoms with Crippen LogP contribution in [0.5, 0.6) is 0 Å². The van der Waals surface area contributed by atoms with Gasteiger partial charge in [-0.2, -0.15) is 0 Å². The monoisotopic (exact) mass is 197 g/mol. The molecule has 1 atom stereocenters. The molecule has 0 saturated heterocycles. The first-order valence-corrected chi connectivity index (χ1v) is 5.57. The molecule has 1 rings (SSSR count). The molecule has 0 aromatic rings. The SMILES string of the molecule is COCCC1/C=C(\C)CCCN(C)C1. The Hall–Kier alpha value is -0.340. The molecule has 0 amide bonds. The van der Waals surface area contributed by atoms with Crippen molar-refractivity contribution in [1.29, 1.82) is 0 Å². The predicted molar refractivity (Wildman–Crippen MR) is 60.5 cm³/mol. The van der Waals surface area contributed by atoms with Crippen LogP contribution >= 0.6 is 0 Å². The molecule has 0 saturated carbocycles. The molecule has 82 valence electrons. The average Bonchev–Trinajstić information content (AvgIpc) is 2.11. The standard InChI is InChI=1S/C12H23NO/c1-11-5-4-7-13(2)10-12(9-11)6-8-14-3/h9,12H,4-8,10H2,1-3H3/b11-9+. The lowest BCUT2D eigenvalue weighted by atomic mass is 9.98. The van der Waals surface area contributed by atoms with Gasteiger partial charge in [0.1, 0.15) is 0 Å². The third kappa shape index (κ3) is 4.25. The number of allylic oxidation sites excluding steroid dienone is 1. The Morgan fingerprint density at radius 3 is 3.07 bits per heavy atom. The van der Waals surface area contributed by atoms with Crippen molar-refractivity contribution in [3.8, 4) is 0 Å². The number of ether oxygens (including phenoxy) is 1. The van der Waals surface area contributed by atoms with Crippen molar-refractivity contribution in [2.75, 3.05) is 33.9 Å². The fourth-order valence-electron chi connectivity index (χ4n) is 2.10. The highest BCUT2D eigenvalue weighted by molar-refractivity contribution is 5.03. The quantitative estimate of drug-likeness (QED) is 0.644. The highest BCUT2D eigenvalue weighted by Crippen LogP contribution is 2.17. The zero-order valence-corrected chi connectivity index (χ0v) is 9.75. The molecule has 1 heterocycles. The van der Waals surface area contributed by atoms with Crippen molar-refractivity contribution in [2.45, 2.75) is 26.2 Å². The minimum Gasteiger partial charge on any atom is -0.385 e. The number of rotatable bonds is 3. The van der Waals surface area contributed by atoms with Gasteiger partial charge >= 0.3 is 0 Å². The Morgan fingerprint density at radius 2 is 2.36 bits per heavy atom. The predicted octanol–water partition coefficient (Wildman–Crippen LogP) is 2.31. The lowest BCUT2D eigenvalue weighted by Gasteiger charge is -2.25. The van der Waals surface area contributed by atoms with Crippen molar-refractivity contribution in [2.24, 2.45) is 5.92 Å². The largest absolute Gasteiger partial charge is 0.385 e. The van der Waals surface area contributed by atoms with Gasteiger partial charge in [-0.05, 0) is 45.7 Å². The first-order chi connectivity index (χ1) is 6.72. The van der Waals surface area contributed by atoms with Gasteiger partial charge in [0.15, 0.2) is 0 Å². The van der Waals surface area contributed by atoms with Crippen LogP contribution in [0.2, 0.25) is 0 Å². The van der Waals surface area contributed by atoms with Gasteiger partial charge in [0.25, 0.3) is 0 Å². The van der Waals surface area contributed by atoms with Crippen LogP contribution in [-0.4, -0.2) is 38.8 Å². The van der Waals surface area contributed by atoms with Crippen LogP contribution < -0.4 is 0 Å². The summed E-state index contributed by atoms with van der Waals surface area (Å²) in [7, 11) is 4.00. The minimum absolute atomic E-state index is 0.681. The molecular formula is C12H23NO. The topological polar surface area (TPSA) is 12.5 Å². The van der Waals surface area contributed by atoms with E-state index in [2.05, 4.69) is 24.9 Å². The summed E-state index contributed by atoms with van der Waals surface area (Å²) in [5.74, 6) is 0.681. The maximum atomic E-state index is 5.14. The van der Waals surface area contributed by atoms with Gasteiger partial charge in [-0.25, -0.2) is 0 Å². The Balaban J connectivity index is 2.49. The third-order valence-electron chi connectivity index (χ3n) is 2.87. The molecular weight excluding hydrogens is 174 g/mol. The number of nitrogens with zero attached hydrogens (tertiary/aromatic N) is 1. The van der Waals surface area contributed by atoms with E-state index in [0.717, 1.165) is 13.0 Å². The number of hydrogen-bond donors (Lipinski definition) is 0. The maximum absolute atomic E-state index is 5.14. The maximum Gasteiger partial charge on any atom is 0.0468 e. The summed E-state index contributed by atoms with van der Waals surface area (Å²) in [5.41, 5.74) is 1.55. The van der Waals surface area contributed by atoms with Crippen molar-refractivity contribution in [3.05, 3.63) is 11.6 Å². The molecule has 0 aromatic carbocycles. The van der Waals surface area contributed by atoms with Gasteiger partial charge in [-0.1, -0.05) is 11.6 Å². The number of hydrogen-bond acceptors (Lipinski definition) is 2. The summed E-state index contributed by atoms with van der Waals surface area (Å²) < 4.78 is 5.14. The molecule has 1 unspecified atom stereocenters. The summed E-state index contributed by atoms with van der Waals surface area (Å²) >= 11 is 0. The van der Waals surface area contributed by atoms with Crippen LogP contribution in [0.1, 0.15) is 26.2 Å². The van der Waals surface area contributed by atoms with Crippen LogP contribution in [-0.2, 0) is 4.74 Å². The molecule has 0 bridgehead atoms. The molecule has 0 radical (unpaired) electrons. The van der Waals surface area contributed by atoms with Crippen LogP contribution in [0.25, 0.3) is 0 Å². The van der Waals surface area contributed by atoms with E-state index in [9.17, 15) is 0 Å². The van der Waals surface area contributed by atoms with E-state index in [1.54, 1.807) is 12.7 Å². The Labute approximate surface area is 87.9 Å². The molecule has 1 aliphatic rings. The van der Waals surface area contributed by atoms with Gasteiger partial charge in [-0.3, -0.25) is 0 Å². The first kappa shape index (κ1) is 11.7. The smallest absolute Gasteiger partial charge is 0.0468 e. The summed E-state index contributed by atoms with van der Waals surface area (Å²) in [5, 5.41) is 0. The molecule has 0 fully saturated rings. The van der Waals surface area contributed by atoms with Gasteiger partial charge in [-0.15, -0.1) is 0 Å². The minimum atomic E-state index is 0.681. The Morgan fingerprint density at radius 1 is 1.57 bits per heavy atom. The van der Waals surface area contributed by atoms with Crippen molar-refractivity contribution < 1.29 is 4.74 Å². The fourth-order valence-corrected chi connectivity index (χ4v) is 2.10. The summed E-state index contributed by atoms with van der Waals surface area (Å²) in [6, 6.07) is 0. The average molecular weight is 197 g/mol. The Bertz CT molecular complexity index is 189. The van der Waals surface area contributed by atoms with Gasteiger partial charge in [0.2, 0.25) is 0 Å². The van der Waals surface area contributed by atoms with Crippen LogP contribution in [0.15, 0.2) is 11.6 Å².